The molecule has 4 heteroatoms. The van der Waals surface area contributed by atoms with Crippen LogP contribution in [0.4, 0.5) is 0 Å². The van der Waals surface area contributed by atoms with Crippen LogP contribution in [0, 0.1) is 0 Å². The molecular weight excluding hydrogens is 149 g/mol. The van der Waals surface area contributed by atoms with E-state index in [1.54, 1.807) is 0 Å². The largest absolute Gasteiger partial charge is 2.00 e. The summed E-state index contributed by atoms with van der Waals surface area (Å²) in [6.07, 6.45) is -0.375. The summed E-state index contributed by atoms with van der Waals surface area (Å²) in [6, 6.07) is 0. The molecule has 0 aliphatic rings. The Hall–Kier alpha value is 0.0534. The third-order valence-electron chi connectivity index (χ3n) is 0.306. The fraction of sp³-hybridized carbons (Fsp3) is 0.667. The average molecular weight is 153 g/mol. The Kier molecular flexibility index (Phi) is 8.75. The van der Waals surface area contributed by atoms with Gasteiger partial charge in [-0.2, -0.15) is 0 Å². The molecule has 0 bridgehead atoms. The molecule has 0 fully saturated rings. The van der Waals surface area contributed by atoms with Gasteiger partial charge in [-0.1, -0.05) is 0 Å². The number of rotatable bonds is 2. The van der Waals surface area contributed by atoms with Crippen LogP contribution >= 0.6 is 0 Å². The average Bonchev–Trinajstić information content (AvgIpc) is 1.35. The van der Waals surface area contributed by atoms with Gasteiger partial charge in [0.1, 0.15) is 0 Å². The van der Waals surface area contributed by atoms with Gasteiger partial charge in [0, 0.05) is 5.97 Å². The molecule has 0 unspecified atom stereocenters. The molecule has 7 heavy (non-hydrogen) atoms. The second-order valence-corrected chi connectivity index (χ2v) is 0.826. The molecule has 0 aliphatic heterocycles. The van der Waals surface area contributed by atoms with Crippen LogP contribution in [-0.2, 0) is 24.3 Å². The van der Waals surface area contributed by atoms with Gasteiger partial charge in [-0.05, 0) is 6.42 Å². The minimum absolute atomic E-state index is 0. The van der Waals surface area contributed by atoms with Gasteiger partial charge in [-0.25, -0.2) is 0 Å². The first-order valence-corrected chi connectivity index (χ1v) is 1.55. The van der Waals surface area contributed by atoms with E-state index in [1.807, 2.05) is 0 Å². The molecule has 0 radical (unpaired) electrons. The summed E-state index contributed by atoms with van der Waals surface area (Å²) < 4.78 is 0. The van der Waals surface area contributed by atoms with Gasteiger partial charge < -0.3 is 15.0 Å². The van der Waals surface area contributed by atoms with Gasteiger partial charge in [0.05, 0.1) is 0 Å². The summed E-state index contributed by atoms with van der Waals surface area (Å²) in [4.78, 5) is 9.29. The van der Waals surface area contributed by atoms with E-state index in [-0.39, 0.29) is 25.9 Å². The van der Waals surface area contributed by atoms with Crippen molar-refractivity contribution in [1.29, 1.82) is 0 Å². The van der Waals surface area contributed by atoms with E-state index in [9.17, 15) is 15.0 Å². The molecular formula is C3H4O3Zn. The molecule has 0 N–H and O–H groups in total. The van der Waals surface area contributed by atoms with E-state index in [0.717, 1.165) is 0 Å². The number of carboxylic acid groups (broad SMARTS) is 1. The molecule has 0 aromatic heterocycles. The summed E-state index contributed by atoms with van der Waals surface area (Å²) in [6.45, 7) is -0.581. The van der Waals surface area contributed by atoms with Gasteiger partial charge in [0.25, 0.3) is 0 Å². The Morgan fingerprint density at radius 1 is 1.57 bits per heavy atom. The predicted octanol–water partition coefficient (Wildman–Crippen LogP) is -2.52. The first-order chi connectivity index (χ1) is 2.77. The van der Waals surface area contributed by atoms with E-state index < -0.39 is 12.6 Å². The van der Waals surface area contributed by atoms with Gasteiger partial charge in [0.15, 0.2) is 0 Å². The minimum atomic E-state index is -1.27. The number of aliphatic carboxylic acids is 1. The summed E-state index contributed by atoms with van der Waals surface area (Å²) >= 11 is 0. The fourth-order valence-corrected chi connectivity index (χ4v) is 0.0833. The van der Waals surface area contributed by atoms with Crippen molar-refractivity contribution in [1.82, 2.24) is 0 Å². The molecule has 0 rings (SSSR count). The number of carbonyl (C=O) groups excluding carboxylic acids is 1. The predicted molar refractivity (Wildman–Crippen MR) is 14.5 cm³/mol. The third kappa shape index (κ3) is 10.7. The molecule has 0 aromatic carbocycles. The van der Waals surface area contributed by atoms with Gasteiger partial charge in [0.2, 0.25) is 0 Å². The molecule has 0 aromatic rings. The summed E-state index contributed by atoms with van der Waals surface area (Å²) in [5.41, 5.74) is 0. The monoisotopic (exact) mass is 152 g/mol. The fourth-order valence-electron chi connectivity index (χ4n) is 0.0833. The van der Waals surface area contributed by atoms with Crippen molar-refractivity contribution in [2.45, 2.75) is 6.42 Å². The van der Waals surface area contributed by atoms with Gasteiger partial charge in [-0.3, -0.25) is 0 Å². The van der Waals surface area contributed by atoms with Crippen LogP contribution in [0.5, 0.6) is 0 Å². The van der Waals surface area contributed by atoms with Crippen LogP contribution in [-0.4, -0.2) is 12.6 Å². The van der Waals surface area contributed by atoms with Crippen molar-refractivity contribution in [3.8, 4) is 0 Å². The second kappa shape index (κ2) is 6.05. The minimum Gasteiger partial charge on any atom is -0.854 e. The number of carboxylic acids is 1. The molecule has 3 nitrogen and oxygen atoms in total. The quantitative estimate of drug-likeness (QED) is 0.412. The molecule has 0 spiro atoms. The first-order valence-electron chi connectivity index (χ1n) is 1.55. The van der Waals surface area contributed by atoms with Crippen molar-refractivity contribution < 1.29 is 34.5 Å². The zero-order valence-electron chi connectivity index (χ0n) is 3.85. The standard InChI is InChI=1S/C3H5O3.Zn/c4-2-1-3(5)6;/h1-2H2,(H,5,6);/q-1;+2/p-1. The van der Waals surface area contributed by atoms with Gasteiger partial charge >= 0.3 is 19.5 Å². The van der Waals surface area contributed by atoms with Crippen LogP contribution in [0.2, 0.25) is 0 Å². The van der Waals surface area contributed by atoms with E-state index in [1.165, 1.54) is 0 Å². The summed E-state index contributed by atoms with van der Waals surface area (Å²) in [5, 5.41) is 18.6. The normalized spacial score (nSPS) is 7.00. The number of hydrogen-bond donors (Lipinski definition) is 0. The van der Waals surface area contributed by atoms with E-state index >= 15 is 0 Å². The van der Waals surface area contributed by atoms with Crippen LogP contribution in [0.15, 0.2) is 0 Å². The van der Waals surface area contributed by atoms with E-state index in [2.05, 4.69) is 0 Å². The SMILES string of the molecule is O=C([O-])CC[O-].[Zn+2]. The Bertz CT molecular complexity index is 54.1. The maximum Gasteiger partial charge on any atom is 2.00 e. The maximum atomic E-state index is 9.32. The first kappa shape index (κ1) is 10.1. The number of hydrogen-bond acceptors (Lipinski definition) is 3. The van der Waals surface area contributed by atoms with E-state index in [4.69, 9.17) is 0 Å². The topological polar surface area (TPSA) is 63.2 Å². The molecule has 0 heterocycles. The van der Waals surface area contributed by atoms with Gasteiger partial charge in [-0.15, -0.1) is 6.61 Å². The number of carbonyl (C=O) groups is 1. The molecule has 36 valence electrons. The van der Waals surface area contributed by atoms with Crippen LogP contribution in [0.1, 0.15) is 6.42 Å². The molecule has 0 saturated carbocycles. The maximum absolute atomic E-state index is 9.32. The Morgan fingerprint density at radius 3 is 2.00 bits per heavy atom. The smallest absolute Gasteiger partial charge is 0.854 e. The third-order valence-corrected chi connectivity index (χ3v) is 0.306. The zero-order valence-corrected chi connectivity index (χ0v) is 6.81. The Labute approximate surface area is 54.1 Å². The molecule has 0 amide bonds. The van der Waals surface area contributed by atoms with Crippen molar-refractivity contribution in [3.63, 3.8) is 0 Å². The Morgan fingerprint density at radius 2 is 2.00 bits per heavy atom. The molecule has 0 saturated heterocycles. The van der Waals surface area contributed by atoms with Crippen molar-refractivity contribution in [2.24, 2.45) is 0 Å². The Balaban J connectivity index is 0. The van der Waals surface area contributed by atoms with Crippen molar-refractivity contribution in [3.05, 3.63) is 0 Å². The van der Waals surface area contributed by atoms with Crippen molar-refractivity contribution >= 4 is 5.97 Å². The van der Waals surface area contributed by atoms with Crippen molar-refractivity contribution in [2.75, 3.05) is 6.61 Å². The molecule has 0 atom stereocenters. The van der Waals surface area contributed by atoms with Crippen LogP contribution < -0.4 is 10.2 Å². The molecule has 0 aliphatic carbocycles. The van der Waals surface area contributed by atoms with E-state index in [0.29, 0.717) is 0 Å². The summed E-state index contributed by atoms with van der Waals surface area (Å²) in [7, 11) is 0. The van der Waals surface area contributed by atoms with Crippen LogP contribution in [0.3, 0.4) is 0 Å². The van der Waals surface area contributed by atoms with Crippen LogP contribution in [0.25, 0.3) is 0 Å². The summed E-state index contributed by atoms with van der Waals surface area (Å²) in [5.74, 6) is -1.27. The second-order valence-electron chi connectivity index (χ2n) is 0.826. The zero-order chi connectivity index (χ0) is 4.99.